The van der Waals surface area contributed by atoms with Gasteiger partial charge in [0.1, 0.15) is 23.0 Å². The van der Waals surface area contributed by atoms with Gasteiger partial charge in [0.05, 0.1) is 19.2 Å². The van der Waals surface area contributed by atoms with Crippen LogP contribution in [0.3, 0.4) is 0 Å². The van der Waals surface area contributed by atoms with Crippen LogP contribution in [0.5, 0.6) is 23.0 Å². The number of para-hydroxylation sites is 1. The van der Waals surface area contributed by atoms with Crippen LogP contribution in [0.2, 0.25) is 5.02 Å². The zero-order valence-corrected chi connectivity index (χ0v) is 13.0. The third kappa shape index (κ3) is 3.80. The van der Waals surface area contributed by atoms with E-state index in [1.54, 1.807) is 38.5 Å². The maximum atomic E-state index is 6.25. The van der Waals surface area contributed by atoms with Gasteiger partial charge in [-0.15, -0.1) is 0 Å². The standard InChI is InChI=1S/C16H18ClNO3/c1-18-10-11-5-4-6-15(17)16(11)21-14-8-12(19-2)7-13(9-14)20-3/h4-9,18H,10H2,1-3H3. The van der Waals surface area contributed by atoms with Crippen molar-refractivity contribution in [3.8, 4) is 23.0 Å². The van der Waals surface area contributed by atoms with Gasteiger partial charge < -0.3 is 19.5 Å². The molecule has 0 saturated carbocycles. The molecule has 0 fully saturated rings. The average Bonchev–Trinajstić information content (AvgIpc) is 2.50. The van der Waals surface area contributed by atoms with Gasteiger partial charge in [0.15, 0.2) is 0 Å². The van der Waals surface area contributed by atoms with Gasteiger partial charge >= 0.3 is 0 Å². The second-order valence-electron chi connectivity index (χ2n) is 4.41. The van der Waals surface area contributed by atoms with Crippen LogP contribution in [-0.4, -0.2) is 21.3 Å². The van der Waals surface area contributed by atoms with Crippen LogP contribution in [0, 0.1) is 0 Å². The first-order valence-corrected chi connectivity index (χ1v) is 6.88. The molecule has 2 aromatic rings. The lowest BCUT2D eigenvalue weighted by atomic mass is 10.2. The van der Waals surface area contributed by atoms with E-state index in [0.717, 1.165) is 5.56 Å². The summed E-state index contributed by atoms with van der Waals surface area (Å²) in [4.78, 5) is 0. The molecule has 21 heavy (non-hydrogen) atoms. The van der Waals surface area contributed by atoms with Crippen molar-refractivity contribution in [1.82, 2.24) is 5.32 Å². The maximum Gasteiger partial charge on any atom is 0.150 e. The van der Waals surface area contributed by atoms with E-state index in [9.17, 15) is 0 Å². The Balaban J connectivity index is 2.37. The van der Waals surface area contributed by atoms with Crippen LogP contribution in [0.1, 0.15) is 5.56 Å². The fraction of sp³-hybridized carbons (Fsp3) is 0.250. The van der Waals surface area contributed by atoms with Crippen LogP contribution >= 0.6 is 11.6 Å². The highest BCUT2D eigenvalue weighted by Gasteiger charge is 2.11. The molecular formula is C16H18ClNO3. The van der Waals surface area contributed by atoms with E-state index >= 15 is 0 Å². The lowest BCUT2D eigenvalue weighted by Crippen LogP contribution is -2.06. The Morgan fingerprint density at radius 3 is 2.19 bits per heavy atom. The van der Waals surface area contributed by atoms with Crippen molar-refractivity contribution in [2.24, 2.45) is 0 Å². The minimum atomic E-state index is 0.560. The van der Waals surface area contributed by atoms with E-state index in [1.807, 2.05) is 19.2 Å². The Kier molecular flexibility index (Phi) is 5.31. The van der Waals surface area contributed by atoms with Crippen LogP contribution in [0.4, 0.5) is 0 Å². The maximum absolute atomic E-state index is 6.25. The first kappa shape index (κ1) is 15.5. The smallest absolute Gasteiger partial charge is 0.150 e. The zero-order valence-electron chi connectivity index (χ0n) is 12.3. The molecule has 0 bridgehead atoms. The molecule has 2 aromatic carbocycles. The van der Waals surface area contributed by atoms with Crippen molar-refractivity contribution in [3.05, 3.63) is 47.0 Å². The van der Waals surface area contributed by atoms with Crippen LogP contribution in [0.15, 0.2) is 36.4 Å². The largest absolute Gasteiger partial charge is 0.496 e. The number of halogens is 1. The first-order valence-electron chi connectivity index (χ1n) is 6.51. The number of nitrogens with one attached hydrogen (secondary N) is 1. The van der Waals surface area contributed by atoms with Crippen molar-refractivity contribution in [3.63, 3.8) is 0 Å². The molecule has 0 unspecified atom stereocenters. The van der Waals surface area contributed by atoms with Gasteiger partial charge in [-0.05, 0) is 13.1 Å². The highest BCUT2D eigenvalue weighted by atomic mass is 35.5. The molecule has 0 aromatic heterocycles. The van der Waals surface area contributed by atoms with Crippen LogP contribution in [0.25, 0.3) is 0 Å². The molecule has 1 N–H and O–H groups in total. The van der Waals surface area contributed by atoms with Crippen molar-refractivity contribution in [2.45, 2.75) is 6.54 Å². The van der Waals surface area contributed by atoms with E-state index < -0.39 is 0 Å². The van der Waals surface area contributed by atoms with E-state index in [0.29, 0.717) is 34.6 Å². The second kappa shape index (κ2) is 7.20. The number of hydrogen-bond acceptors (Lipinski definition) is 4. The molecule has 5 heteroatoms. The molecule has 112 valence electrons. The van der Waals surface area contributed by atoms with Crippen molar-refractivity contribution < 1.29 is 14.2 Å². The molecule has 0 aliphatic heterocycles. The molecule has 0 radical (unpaired) electrons. The summed E-state index contributed by atoms with van der Waals surface area (Å²) in [7, 11) is 5.07. The van der Waals surface area contributed by atoms with E-state index in [2.05, 4.69) is 5.32 Å². The predicted octanol–water partition coefficient (Wildman–Crippen LogP) is 3.87. The molecule has 0 amide bonds. The Bertz CT molecular complexity index is 594. The normalized spacial score (nSPS) is 10.3. The van der Waals surface area contributed by atoms with Gasteiger partial charge in [0.2, 0.25) is 0 Å². The Morgan fingerprint density at radius 1 is 1.00 bits per heavy atom. The number of hydrogen-bond donors (Lipinski definition) is 1. The van der Waals surface area contributed by atoms with E-state index in [1.165, 1.54) is 0 Å². The summed E-state index contributed by atoms with van der Waals surface area (Å²) in [5.74, 6) is 2.55. The molecule has 0 aliphatic rings. The molecule has 0 spiro atoms. The average molecular weight is 308 g/mol. The van der Waals surface area contributed by atoms with E-state index in [4.69, 9.17) is 25.8 Å². The third-order valence-corrected chi connectivity index (χ3v) is 3.26. The summed E-state index contributed by atoms with van der Waals surface area (Å²) >= 11 is 6.25. The molecular weight excluding hydrogens is 290 g/mol. The molecule has 0 heterocycles. The Hall–Kier alpha value is -1.91. The summed E-state index contributed by atoms with van der Waals surface area (Å²) in [6.07, 6.45) is 0. The van der Waals surface area contributed by atoms with Crippen molar-refractivity contribution in [2.75, 3.05) is 21.3 Å². The van der Waals surface area contributed by atoms with Crippen molar-refractivity contribution >= 4 is 11.6 Å². The predicted molar refractivity (Wildman–Crippen MR) is 83.8 cm³/mol. The Morgan fingerprint density at radius 2 is 1.62 bits per heavy atom. The van der Waals surface area contributed by atoms with Gasteiger partial charge in [-0.2, -0.15) is 0 Å². The number of ether oxygens (including phenoxy) is 3. The summed E-state index contributed by atoms with van der Waals surface area (Å²) in [6.45, 7) is 0.664. The molecule has 0 atom stereocenters. The lowest BCUT2D eigenvalue weighted by molar-refractivity contribution is 0.386. The fourth-order valence-electron chi connectivity index (χ4n) is 1.96. The highest BCUT2D eigenvalue weighted by molar-refractivity contribution is 6.32. The topological polar surface area (TPSA) is 39.7 Å². The minimum absolute atomic E-state index is 0.560. The van der Waals surface area contributed by atoms with Gasteiger partial charge in [0, 0.05) is 30.3 Å². The van der Waals surface area contributed by atoms with Gasteiger partial charge in [-0.25, -0.2) is 0 Å². The lowest BCUT2D eigenvalue weighted by Gasteiger charge is -2.14. The number of methoxy groups -OCH3 is 2. The quantitative estimate of drug-likeness (QED) is 0.879. The Labute approximate surface area is 129 Å². The van der Waals surface area contributed by atoms with E-state index in [-0.39, 0.29) is 0 Å². The van der Waals surface area contributed by atoms with Gasteiger partial charge in [0.25, 0.3) is 0 Å². The monoisotopic (exact) mass is 307 g/mol. The molecule has 0 aliphatic carbocycles. The van der Waals surface area contributed by atoms with Crippen molar-refractivity contribution in [1.29, 1.82) is 0 Å². The molecule has 4 nitrogen and oxygen atoms in total. The second-order valence-corrected chi connectivity index (χ2v) is 4.82. The van der Waals surface area contributed by atoms with Gasteiger partial charge in [-0.3, -0.25) is 0 Å². The summed E-state index contributed by atoms with van der Waals surface area (Å²) in [5, 5.41) is 3.65. The molecule has 2 rings (SSSR count). The zero-order chi connectivity index (χ0) is 15.2. The number of rotatable bonds is 6. The fourth-order valence-corrected chi connectivity index (χ4v) is 2.19. The minimum Gasteiger partial charge on any atom is -0.496 e. The van der Waals surface area contributed by atoms with Crippen LogP contribution < -0.4 is 19.5 Å². The first-order chi connectivity index (χ1) is 10.2. The van der Waals surface area contributed by atoms with Crippen LogP contribution in [-0.2, 0) is 6.54 Å². The summed E-state index contributed by atoms with van der Waals surface area (Å²) in [6, 6.07) is 11.0. The number of benzene rings is 2. The summed E-state index contributed by atoms with van der Waals surface area (Å²) < 4.78 is 16.4. The highest BCUT2D eigenvalue weighted by Crippen LogP contribution is 2.36. The summed E-state index contributed by atoms with van der Waals surface area (Å²) in [5.41, 5.74) is 0.979. The third-order valence-electron chi connectivity index (χ3n) is 2.96. The van der Waals surface area contributed by atoms with Gasteiger partial charge in [-0.1, -0.05) is 23.7 Å². The molecule has 0 saturated heterocycles. The SMILES string of the molecule is CNCc1cccc(Cl)c1Oc1cc(OC)cc(OC)c1.